The Balaban J connectivity index is 1.82. The van der Waals surface area contributed by atoms with Gasteiger partial charge in [0.15, 0.2) is 5.82 Å². The van der Waals surface area contributed by atoms with Gasteiger partial charge in [-0.2, -0.15) is 19.5 Å². The van der Waals surface area contributed by atoms with Gasteiger partial charge in [0.25, 0.3) is 11.8 Å². The summed E-state index contributed by atoms with van der Waals surface area (Å²) >= 11 is 0. The monoisotopic (exact) mass is 371 g/mol. The van der Waals surface area contributed by atoms with Crippen LogP contribution in [0.1, 0.15) is 5.56 Å². The molecule has 0 fully saturated rings. The summed E-state index contributed by atoms with van der Waals surface area (Å²) in [6.45, 7) is 0.0635. The summed E-state index contributed by atoms with van der Waals surface area (Å²) in [6, 6.07) is 9.29. The summed E-state index contributed by atoms with van der Waals surface area (Å²) in [7, 11) is 0. The molecule has 0 aliphatic rings. The van der Waals surface area contributed by atoms with Crippen LogP contribution in [0.2, 0.25) is 0 Å². The second-order valence-corrected chi connectivity index (χ2v) is 5.56. The lowest BCUT2D eigenvalue weighted by Gasteiger charge is -2.06. The number of aromatic nitrogens is 5. The lowest BCUT2D eigenvalue weighted by Crippen LogP contribution is -2.06. The van der Waals surface area contributed by atoms with E-state index in [1.54, 1.807) is 24.3 Å². The summed E-state index contributed by atoms with van der Waals surface area (Å²) in [6.07, 6.45) is 1.36. The smallest absolute Gasteiger partial charge is 0.255 e. The highest BCUT2D eigenvalue weighted by Gasteiger charge is 2.20. The molecule has 4 aromatic rings. The maximum atomic E-state index is 14.0. The lowest BCUT2D eigenvalue weighted by atomic mass is 10.2. The number of hydrogen-bond donors (Lipinski definition) is 2. The molecule has 3 heterocycles. The zero-order valence-corrected chi connectivity index (χ0v) is 13.5. The van der Waals surface area contributed by atoms with Crippen LogP contribution in [0, 0.1) is 11.6 Å². The number of halogens is 2. The normalized spacial score (nSPS) is 11.0. The molecule has 0 saturated carbocycles. The van der Waals surface area contributed by atoms with Crippen LogP contribution in [0.4, 0.5) is 8.78 Å². The van der Waals surface area contributed by atoms with Crippen molar-refractivity contribution in [3.05, 3.63) is 59.9 Å². The summed E-state index contributed by atoms with van der Waals surface area (Å²) in [5.41, 5.74) is 1.37. The van der Waals surface area contributed by atoms with E-state index >= 15 is 0 Å². The number of hydrogen-bond acceptors (Lipinski definition) is 7. The molecule has 0 unspecified atom stereocenters. The van der Waals surface area contributed by atoms with E-state index in [1.807, 2.05) is 0 Å². The minimum Gasteiger partial charge on any atom is -0.491 e. The molecule has 1 aromatic carbocycles. The summed E-state index contributed by atoms with van der Waals surface area (Å²) < 4.78 is 33.7. The fourth-order valence-corrected chi connectivity index (χ4v) is 2.52. The average molecular weight is 371 g/mol. The first-order valence-electron chi connectivity index (χ1n) is 7.71. The Labute approximate surface area is 150 Å². The van der Waals surface area contributed by atoms with E-state index in [4.69, 9.17) is 4.52 Å². The third-order valence-electron chi connectivity index (χ3n) is 3.80. The topological polar surface area (TPSA) is 110 Å². The molecule has 4 rings (SSSR count). The van der Waals surface area contributed by atoms with Gasteiger partial charge < -0.3 is 14.7 Å². The highest BCUT2D eigenvalue weighted by Crippen LogP contribution is 2.28. The molecule has 27 heavy (non-hydrogen) atoms. The van der Waals surface area contributed by atoms with E-state index in [9.17, 15) is 19.0 Å². The van der Waals surface area contributed by atoms with E-state index in [1.165, 1.54) is 23.1 Å². The molecular formula is C17H11F2N5O3. The van der Waals surface area contributed by atoms with Crippen molar-refractivity contribution in [2.45, 2.75) is 6.54 Å². The molecule has 0 bridgehead atoms. The zero-order valence-electron chi connectivity index (χ0n) is 13.5. The fourth-order valence-electron chi connectivity index (χ4n) is 2.52. The Bertz CT molecular complexity index is 1090. The van der Waals surface area contributed by atoms with Gasteiger partial charge in [0.2, 0.25) is 5.82 Å². The van der Waals surface area contributed by atoms with Gasteiger partial charge in [-0.15, -0.1) is 0 Å². The lowest BCUT2D eigenvalue weighted by molar-refractivity contribution is 0.363. The first-order chi connectivity index (χ1) is 13.0. The Hall–Kier alpha value is -3.82. The first kappa shape index (κ1) is 16.6. The molecule has 0 radical (unpaired) electrons. The van der Waals surface area contributed by atoms with Crippen molar-refractivity contribution in [2.75, 3.05) is 0 Å². The van der Waals surface area contributed by atoms with Crippen molar-refractivity contribution in [2.24, 2.45) is 0 Å². The quantitative estimate of drug-likeness (QED) is 0.567. The minimum absolute atomic E-state index is 0.0635. The Morgan fingerprint density at radius 2 is 1.74 bits per heavy atom. The van der Waals surface area contributed by atoms with Gasteiger partial charge in [-0.05, 0) is 12.1 Å². The van der Waals surface area contributed by atoms with Crippen LogP contribution >= 0.6 is 0 Å². The van der Waals surface area contributed by atoms with Gasteiger partial charge in [-0.3, -0.25) is 4.68 Å². The molecular weight excluding hydrogens is 360 g/mol. The van der Waals surface area contributed by atoms with Crippen molar-refractivity contribution in [3.63, 3.8) is 0 Å². The molecule has 136 valence electrons. The molecule has 3 aromatic heterocycles. The van der Waals surface area contributed by atoms with Crippen LogP contribution in [0.3, 0.4) is 0 Å². The van der Waals surface area contributed by atoms with Gasteiger partial charge in [0.05, 0.1) is 12.2 Å². The molecule has 0 saturated heterocycles. The SMILES string of the molecule is Oc1nc(-c2cc(-c3ccon3)n(Cc3ccccc3F)n2)nc(O)c1F. The van der Waals surface area contributed by atoms with Crippen molar-refractivity contribution in [3.8, 4) is 34.7 Å². The Kier molecular flexibility index (Phi) is 3.99. The maximum absolute atomic E-state index is 14.0. The molecule has 0 amide bonds. The van der Waals surface area contributed by atoms with Gasteiger partial charge in [-0.1, -0.05) is 23.4 Å². The molecule has 0 atom stereocenters. The number of aromatic hydroxyl groups is 2. The van der Waals surface area contributed by atoms with Crippen LogP contribution in [0.25, 0.3) is 22.9 Å². The third-order valence-corrected chi connectivity index (χ3v) is 3.80. The standard InChI is InChI=1S/C17H11F2N5O3/c18-10-4-2-1-3-9(10)8-24-13(11-5-6-27-23-11)7-12(22-24)15-20-16(25)14(19)17(26)21-15/h1-7H,8H2,(H2,20,21,25,26). The van der Waals surface area contributed by atoms with E-state index < -0.39 is 23.4 Å². The summed E-state index contributed by atoms with van der Waals surface area (Å²) in [4.78, 5) is 7.16. The van der Waals surface area contributed by atoms with Gasteiger partial charge in [0, 0.05) is 11.6 Å². The molecule has 0 aliphatic carbocycles. The van der Waals surface area contributed by atoms with Crippen molar-refractivity contribution in [1.29, 1.82) is 0 Å². The largest absolute Gasteiger partial charge is 0.491 e. The highest BCUT2D eigenvalue weighted by molar-refractivity contribution is 5.63. The van der Waals surface area contributed by atoms with E-state index in [0.717, 1.165) is 0 Å². The molecule has 8 nitrogen and oxygen atoms in total. The van der Waals surface area contributed by atoms with Gasteiger partial charge in [-0.25, -0.2) is 4.39 Å². The van der Waals surface area contributed by atoms with E-state index in [0.29, 0.717) is 17.0 Å². The molecule has 2 N–H and O–H groups in total. The second-order valence-electron chi connectivity index (χ2n) is 5.56. The molecule has 0 aliphatic heterocycles. The predicted molar refractivity (Wildman–Crippen MR) is 87.5 cm³/mol. The summed E-state index contributed by atoms with van der Waals surface area (Å²) in [5.74, 6) is -3.97. The number of benzene rings is 1. The van der Waals surface area contributed by atoms with Crippen LogP contribution in [0.15, 0.2) is 47.2 Å². The third kappa shape index (κ3) is 3.08. The number of nitrogens with zero attached hydrogens (tertiary/aromatic N) is 5. The van der Waals surface area contributed by atoms with Gasteiger partial charge in [0.1, 0.15) is 23.5 Å². The van der Waals surface area contributed by atoms with Gasteiger partial charge >= 0.3 is 0 Å². The van der Waals surface area contributed by atoms with E-state index in [-0.39, 0.29) is 18.1 Å². The maximum Gasteiger partial charge on any atom is 0.255 e. The molecule has 10 heteroatoms. The fraction of sp³-hybridized carbons (Fsp3) is 0.0588. The Morgan fingerprint density at radius 1 is 1.00 bits per heavy atom. The van der Waals surface area contributed by atoms with Crippen molar-refractivity contribution < 1.29 is 23.5 Å². The number of rotatable bonds is 4. The Morgan fingerprint density at radius 3 is 2.41 bits per heavy atom. The highest BCUT2D eigenvalue weighted by atomic mass is 19.1. The first-order valence-corrected chi connectivity index (χ1v) is 7.71. The zero-order chi connectivity index (χ0) is 19.0. The van der Waals surface area contributed by atoms with Crippen LogP contribution in [0.5, 0.6) is 11.8 Å². The van der Waals surface area contributed by atoms with E-state index in [2.05, 4.69) is 20.2 Å². The average Bonchev–Trinajstić information content (AvgIpc) is 3.31. The van der Waals surface area contributed by atoms with Crippen LogP contribution in [-0.4, -0.2) is 35.1 Å². The second kappa shape index (κ2) is 6.48. The van der Waals surface area contributed by atoms with Crippen LogP contribution < -0.4 is 0 Å². The van der Waals surface area contributed by atoms with Crippen molar-refractivity contribution >= 4 is 0 Å². The van der Waals surface area contributed by atoms with Crippen molar-refractivity contribution in [1.82, 2.24) is 24.9 Å². The predicted octanol–water partition coefficient (Wildman–Crippen LogP) is 2.73. The molecule has 0 spiro atoms. The van der Waals surface area contributed by atoms with Crippen LogP contribution in [-0.2, 0) is 6.54 Å². The minimum atomic E-state index is -1.33. The summed E-state index contributed by atoms with van der Waals surface area (Å²) in [5, 5.41) is 27.1.